The molecule has 0 heterocycles. The van der Waals surface area contributed by atoms with E-state index in [1.165, 1.54) is 0 Å². The first-order chi connectivity index (χ1) is 7.22. The van der Waals surface area contributed by atoms with Crippen LogP contribution in [0.3, 0.4) is 0 Å². The molecule has 4 nitrogen and oxygen atoms in total. The number of carbonyl (C=O) groups excluding carboxylic acids is 1. The Bertz CT molecular complexity index is 308. The zero-order valence-corrected chi connectivity index (χ0v) is 8.73. The molecule has 1 aromatic rings. The molecule has 0 aliphatic rings. The molecule has 0 radical (unpaired) electrons. The number of aliphatic carboxylic acids is 1. The number of hydrogen-bond acceptors (Lipinski definition) is 3. The molecular weight excluding hydrogens is 194 g/mol. The van der Waals surface area contributed by atoms with E-state index in [2.05, 4.69) is 0 Å². The summed E-state index contributed by atoms with van der Waals surface area (Å²) in [4.78, 5) is 10.1. The summed E-state index contributed by atoms with van der Waals surface area (Å²) in [6.45, 7) is 1.33. The van der Waals surface area contributed by atoms with E-state index in [0.29, 0.717) is 6.54 Å². The number of quaternary nitrogens is 1. The Kier molecular flexibility index (Phi) is 4.63. The zero-order chi connectivity index (χ0) is 11.1. The maximum absolute atomic E-state index is 10.1. The van der Waals surface area contributed by atoms with E-state index in [9.17, 15) is 9.90 Å². The summed E-state index contributed by atoms with van der Waals surface area (Å²) in [5.74, 6) is -0.172. The highest BCUT2D eigenvalue weighted by atomic mass is 16.5. The second-order valence-electron chi connectivity index (χ2n) is 3.25. The van der Waals surface area contributed by atoms with E-state index < -0.39 is 5.97 Å². The van der Waals surface area contributed by atoms with Crippen molar-refractivity contribution < 1.29 is 20.0 Å². The van der Waals surface area contributed by atoms with E-state index in [4.69, 9.17) is 4.74 Å². The predicted molar refractivity (Wildman–Crippen MR) is 53.1 cm³/mol. The normalized spacial score (nSPS) is 9.93. The van der Waals surface area contributed by atoms with Gasteiger partial charge in [-0.1, -0.05) is 0 Å². The van der Waals surface area contributed by atoms with Gasteiger partial charge in [-0.05, 0) is 24.3 Å². The van der Waals surface area contributed by atoms with Gasteiger partial charge in [0.15, 0.2) is 0 Å². The van der Waals surface area contributed by atoms with Gasteiger partial charge in [0.05, 0.1) is 13.7 Å². The lowest BCUT2D eigenvalue weighted by Crippen LogP contribution is -2.83. The lowest BCUT2D eigenvalue weighted by atomic mass is 10.2. The van der Waals surface area contributed by atoms with Crippen molar-refractivity contribution in [2.24, 2.45) is 0 Å². The first kappa shape index (κ1) is 11.5. The van der Waals surface area contributed by atoms with Crippen LogP contribution in [0.5, 0.6) is 5.75 Å². The van der Waals surface area contributed by atoms with Gasteiger partial charge in [0.2, 0.25) is 0 Å². The molecule has 0 spiro atoms. The molecule has 0 bridgehead atoms. The summed E-state index contributed by atoms with van der Waals surface area (Å²) >= 11 is 0. The molecule has 0 aliphatic heterocycles. The largest absolute Gasteiger partial charge is 0.550 e. The minimum atomic E-state index is -0.999. The molecule has 0 aliphatic carbocycles. The predicted octanol–water partition coefficient (Wildman–Crippen LogP) is -1.10. The van der Waals surface area contributed by atoms with Crippen LogP contribution >= 0.6 is 0 Å². The zero-order valence-electron chi connectivity index (χ0n) is 8.73. The summed E-state index contributed by atoms with van der Waals surface area (Å²) in [6, 6.07) is 7.71. The van der Waals surface area contributed by atoms with Crippen molar-refractivity contribution in [1.82, 2.24) is 0 Å². The van der Waals surface area contributed by atoms with Crippen LogP contribution in [0.15, 0.2) is 24.3 Å². The fourth-order valence-electron chi connectivity index (χ4n) is 1.25. The Balaban J connectivity index is 2.28. The van der Waals surface area contributed by atoms with E-state index in [1.54, 1.807) is 7.11 Å². The van der Waals surface area contributed by atoms with Gasteiger partial charge >= 0.3 is 0 Å². The topological polar surface area (TPSA) is 66.0 Å². The first-order valence-electron chi connectivity index (χ1n) is 4.87. The molecule has 2 N–H and O–H groups in total. The number of carbonyl (C=O) groups is 1. The first-order valence-corrected chi connectivity index (χ1v) is 4.87. The number of rotatable bonds is 6. The molecule has 0 saturated carbocycles. The second-order valence-corrected chi connectivity index (χ2v) is 3.25. The molecular formula is C11H15NO3. The van der Waals surface area contributed by atoms with Gasteiger partial charge < -0.3 is 20.0 Å². The van der Waals surface area contributed by atoms with E-state index >= 15 is 0 Å². The van der Waals surface area contributed by atoms with Crippen LogP contribution in [0.4, 0.5) is 0 Å². The number of ether oxygens (including phenoxy) is 1. The highest BCUT2D eigenvalue weighted by Gasteiger charge is 1.96. The minimum Gasteiger partial charge on any atom is -0.550 e. The van der Waals surface area contributed by atoms with Crippen LogP contribution in [0.25, 0.3) is 0 Å². The lowest BCUT2D eigenvalue weighted by Gasteiger charge is -2.04. The fourth-order valence-corrected chi connectivity index (χ4v) is 1.25. The third-order valence-electron chi connectivity index (χ3n) is 2.09. The molecule has 82 valence electrons. The van der Waals surface area contributed by atoms with Crippen molar-refractivity contribution in [3.8, 4) is 5.75 Å². The Morgan fingerprint density at radius 3 is 2.60 bits per heavy atom. The molecule has 4 heteroatoms. The van der Waals surface area contributed by atoms with Crippen LogP contribution < -0.4 is 15.2 Å². The van der Waals surface area contributed by atoms with Crippen molar-refractivity contribution in [1.29, 1.82) is 0 Å². The highest BCUT2D eigenvalue weighted by molar-refractivity contribution is 5.64. The van der Waals surface area contributed by atoms with Crippen LogP contribution in [0.1, 0.15) is 12.0 Å². The van der Waals surface area contributed by atoms with Crippen molar-refractivity contribution >= 4 is 5.97 Å². The van der Waals surface area contributed by atoms with Gasteiger partial charge in [0, 0.05) is 18.0 Å². The van der Waals surface area contributed by atoms with Crippen molar-refractivity contribution in [2.45, 2.75) is 13.0 Å². The summed E-state index contributed by atoms with van der Waals surface area (Å²) in [7, 11) is 1.63. The second kappa shape index (κ2) is 6.03. The smallest absolute Gasteiger partial charge is 0.118 e. The maximum Gasteiger partial charge on any atom is 0.118 e. The average molecular weight is 209 g/mol. The number of carboxylic acid groups (broad SMARTS) is 1. The van der Waals surface area contributed by atoms with Gasteiger partial charge in [0.25, 0.3) is 0 Å². The van der Waals surface area contributed by atoms with Crippen molar-refractivity contribution in [3.63, 3.8) is 0 Å². The van der Waals surface area contributed by atoms with E-state index in [0.717, 1.165) is 17.9 Å². The summed E-state index contributed by atoms with van der Waals surface area (Å²) < 4.78 is 5.03. The van der Waals surface area contributed by atoms with Crippen LogP contribution in [0.2, 0.25) is 0 Å². The third-order valence-corrected chi connectivity index (χ3v) is 2.09. The molecule has 0 fully saturated rings. The standard InChI is InChI=1S/C11H15NO3/c1-15-10-4-2-9(3-5-10)8-12-7-6-11(13)14/h2-5,12H,6-8H2,1H3,(H,13,14). The monoisotopic (exact) mass is 209 g/mol. The Morgan fingerprint density at radius 2 is 2.07 bits per heavy atom. The van der Waals surface area contributed by atoms with Gasteiger partial charge in [-0.3, -0.25) is 0 Å². The molecule has 1 rings (SSSR count). The van der Waals surface area contributed by atoms with Crippen LogP contribution in [-0.2, 0) is 11.3 Å². The van der Waals surface area contributed by atoms with Crippen molar-refractivity contribution in [2.75, 3.05) is 13.7 Å². The van der Waals surface area contributed by atoms with Gasteiger partial charge in [-0.2, -0.15) is 0 Å². The number of carboxylic acids is 1. The number of hydrogen-bond donors (Lipinski definition) is 1. The van der Waals surface area contributed by atoms with Gasteiger partial charge in [0.1, 0.15) is 12.3 Å². The number of nitrogens with two attached hydrogens (primary N) is 1. The fraction of sp³-hybridized carbons (Fsp3) is 0.364. The SMILES string of the molecule is COc1ccc(C[NH2+]CCC(=O)[O-])cc1. The Morgan fingerprint density at radius 1 is 1.40 bits per heavy atom. The average Bonchev–Trinajstić information content (AvgIpc) is 2.25. The third kappa shape index (κ3) is 4.46. The molecule has 0 aromatic heterocycles. The van der Waals surface area contributed by atoms with Crippen LogP contribution in [0, 0.1) is 0 Å². The summed E-state index contributed by atoms with van der Waals surface area (Å²) in [5, 5.41) is 12.1. The van der Waals surface area contributed by atoms with Gasteiger partial charge in [-0.25, -0.2) is 0 Å². The number of benzene rings is 1. The molecule has 0 atom stereocenters. The Hall–Kier alpha value is -1.55. The highest BCUT2D eigenvalue weighted by Crippen LogP contribution is 2.09. The van der Waals surface area contributed by atoms with Crippen molar-refractivity contribution in [3.05, 3.63) is 29.8 Å². The minimum absolute atomic E-state index is 0.0934. The summed E-state index contributed by atoms with van der Waals surface area (Å²) in [6.07, 6.45) is 0.0934. The quantitative estimate of drug-likeness (QED) is 0.605. The Labute approximate surface area is 88.9 Å². The molecule has 15 heavy (non-hydrogen) atoms. The molecule has 1 aromatic carbocycles. The van der Waals surface area contributed by atoms with Crippen LogP contribution in [-0.4, -0.2) is 19.6 Å². The lowest BCUT2D eigenvalue weighted by molar-refractivity contribution is -0.670. The van der Waals surface area contributed by atoms with Gasteiger partial charge in [-0.15, -0.1) is 0 Å². The molecule has 0 unspecified atom stereocenters. The molecule has 0 amide bonds. The van der Waals surface area contributed by atoms with E-state index in [1.807, 2.05) is 29.6 Å². The van der Waals surface area contributed by atoms with E-state index in [-0.39, 0.29) is 6.42 Å². The maximum atomic E-state index is 10.1. The molecule has 0 saturated heterocycles. The summed E-state index contributed by atoms with van der Waals surface area (Å²) in [5.41, 5.74) is 1.15. The number of methoxy groups -OCH3 is 1.